The third-order valence-electron chi connectivity index (χ3n) is 5.14. The Bertz CT molecular complexity index is 710. The van der Waals surface area contributed by atoms with Crippen molar-refractivity contribution >= 4 is 5.91 Å². The zero-order valence-electron chi connectivity index (χ0n) is 16.9. The third-order valence-corrected chi connectivity index (χ3v) is 5.14. The van der Waals surface area contributed by atoms with Crippen LogP contribution in [0.1, 0.15) is 56.8 Å². The summed E-state index contributed by atoms with van der Waals surface area (Å²) < 4.78 is 0. The first-order valence-corrected chi connectivity index (χ1v) is 10.1. The van der Waals surface area contributed by atoms with Crippen LogP contribution in [0.15, 0.2) is 48.5 Å². The number of hydroxylamine groups is 1. The quantitative estimate of drug-likeness (QED) is 0.307. The topological polar surface area (TPSA) is 72.8 Å². The molecular formula is C23H32N2O3. The number of unbranched alkanes of at least 4 members (excludes halogenated alkanes) is 1. The van der Waals surface area contributed by atoms with E-state index in [-0.39, 0.29) is 12.3 Å². The van der Waals surface area contributed by atoms with Gasteiger partial charge in [0.2, 0.25) is 5.91 Å². The molecule has 1 atom stereocenters. The lowest BCUT2D eigenvalue weighted by molar-refractivity contribution is -0.129. The number of carbonyl (C=O) groups is 1. The third kappa shape index (κ3) is 6.75. The Hall–Kier alpha value is -2.21. The predicted octanol–water partition coefficient (Wildman–Crippen LogP) is 4.29. The van der Waals surface area contributed by atoms with E-state index >= 15 is 0 Å². The first-order valence-electron chi connectivity index (χ1n) is 10.1. The SMILES string of the molecule is CCN(CC)Cc1ccc(-c2ccc([C@H](O)CCCCC(=O)NO)cc2)cc1. The maximum Gasteiger partial charge on any atom is 0.243 e. The van der Waals surface area contributed by atoms with Crippen molar-refractivity contribution in [2.45, 2.75) is 52.2 Å². The zero-order valence-corrected chi connectivity index (χ0v) is 16.9. The van der Waals surface area contributed by atoms with E-state index in [2.05, 4.69) is 43.0 Å². The van der Waals surface area contributed by atoms with Gasteiger partial charge in [0.25, 0.3) is 0 Å². The number of carbonyl (C=O) groups excluding carboxylic acids is 1. The molecule has 2 rings (SSSR count). The molecular weight excluding hydrogens is 352 g/mol. The summed E-state index contributed by atoms with van der Waals surface area (Å²) >= 11 is 0. The number of nitrogens with zero attached hydrogens (tertiary/aromatic N) is 1. The fraction of sp³-hybridized carbons (Fsp3) is 0.435. The van der Waals surface area contributed by atoms with Gasteiger partial charge in [0.05, 0.1) is 6.10 Å². The van der Waals surface area contributed by atoms with Gasteiger partial charge in [-0.05, 0) is 48.2 Å². The molecule has 0 spiro atoms. The average molecular weight is 385 g/mol. The number of aliphatic hydroxyl groups is 1. The van der Waals surface area contributed by atoms with E-state index in [1.807, 2.05) is 24.3 Å². The summed E-state index contributed by atoms with van der Waals surface area (Å²) in [6, 6.07) is 16.7. The normalized spacial score (nSPS) is 12.2. The van der Waals surface area contributed by atoms with Crippen LogP contribution in [-0.2, 0) is 11.3 Å². The van der Waals surface area contributed by atoms with E-state index in [0.717, 1.165) is 37.2 Å². The monoisotopic (exact) mass is 384 g/mol. The van der Waals surface area contributed by atoms with Crippen LogP contribution < -0.4 is 5.48 Å². The molecule has 0 saturated carbocycles. The maximum absolute atomic E-state index is 11.0. The number of nitrogens with one attached hydrogen (secondary N) is 1. The van der Waals surface area contributed by atoms with Crippen molar-refractivity contribution in [3.63, 3.8) is 0 Å². The van der Waals surface area contributed by atoms with Crippen LogP contribution in [0.4, 0.5) is 0 Å². The Kier molecular flexibility index (Phi) is 9.14. The number of hydrogen-bond donors (Lipinski definition) is 3. The van der Waals surface area contributed by atoms with Gasteiger partial charge in [0, 0.05) is 13.0 Å². The van der Waals surface area contributed by atoms with Gasteiger partial charge in [0.15, 0.2) is 0 Å². The molecule has 0 bridgehead atoms. The van der Waals surface area contributed by atoms with E-state index in [0.29, 0.717) is 12.8 Å². The second-order valence-electron chi connectivity index (χ2n) is 7.08. The van der Waals surface area contributed by atoms with Gasteiger partial charge in [-0.15, -0.1) is 0 Å². The minimum atomic E-state index is -0.539. The van der Waals surface area contributed by atoms with Gasteiger partial charge in [0.1, 0.15) is 0 Å². The minimum Gasteiger partial charge on any atom is -0.388 e. The molecule has 28 heavy (non-hydrogen) atoms. The van der Waals surface area contributed by atoms with Crippen molar-refractivity contribution in [2.24, 2.45) is 0 Å². The van der Waals surface area contributed by atoms with Crippen molar-refractivity contribution < 1.29 is 15.1 Å². The zero-order chi connectivity index (χ0) is 20.4. The molecule has 5 heteroatoms. The number of hydrogen-bond acceptors (Lipinski definition) is 4. The van der Waals surface area contributed by atoms with Gasteiger partial charge >= 0.3 is 0 Å². The lowest BCUT2D eigenvalue weighted by Crippen LogP contribution is -2.21. The summed E-state index contributed by atoms with van der Waals surface area (Å²) in [6.07, 6.45) is 1.69. The van der Waals surface area contributed by atoms with Crippen molar-refractivity contribution in [2.75, 3.05) is 13.1 Å². The molecule has 0 aliphatic heterocycles. The smallest absolute Gasteiger partial charge is 0.243 e. The second-order valence-corrected chi connectivity index (χ2v) is 7.08. The van der Waals surface area contributed by atoms with E-state index in [4.69, 9.17) is 5.21 Å². The van der Waals surface area contributed by atoms with Gasteiger partial charge in [-0.3, -0.25) is 14.9 Å². The lowest BCUT2D eigenvalue weighted by atomic mass is 9.98. The van der Waals surface area contributed by atoms with Gasteiger partial charge in [-0.25, -0.2) is 5.48 Å². The van der Waals surface area contributed by atoms with Gasteiger partial charge in [-0.1, -0.05) is 68.8 Å². The van der Waals surface area contributed by atoms with Crippen LogP contribution in [-0.4, -0.2) is 34.2 Å². The molecule has 0 heterocycles. The molecule has 0 aliphatic carbocycles. The molecule has 2 aromatic rings. The summed E-state index contributed by atoms with van der Waals surface area (Å²) in [4.78, 5) is 13.4. The van der Waals surface area contributed by atoms with Crippen molar-refractivity contribution in [1.29, 1.82) is 0 Å². The number of rotatable bonds is 11. The van der Waals surface area contributed by atoms with Crippen molar-refractivity contribution in [3.05, 3.63) is 59.7 Å². The highest BCUT2D eigenvalue weighted by Gasteiger charge is 2.09. The molecule has 0 fully saturated rings. The van der Waals surface area contributed by atoms with E-state index in [1.54, 1.807) is 5.48 Å². The summed E-state index contributed by atoms with van der Waals surface area (Å²) in [6.45, 7) is 7.44. The molecule has 2 aromatic carbocycles. The molecule has 0 radical (unpaired) electrons. The largest absolute Gasteiger partial charge is 0.388 e. The molecule has 0 unspecified atom stereocenters. The van der Waals surface area contributed by atoms with Gasteiger partial charge < -0.3 is 5.11 Å². The minimum absolute atomic E-state index is 0.270. The highest BCUT2D eigenvalue weighted by atomic mass is 16.5. The molecule has 0 saturated heterocycles. The Balaban J connectivity index is 1.90. The van der Waals surface area contributed by atoms with E-state index in [9.17, 15) is 9.90 Å². The summed E-state index contributed by atoms with van der Waals surface area (Å²) in [7, 11) is 0. The Labute approximate surface area is 168 Å². The van der Waals surface area contributed by atoms with Crippen LogP contribution in [0.25, 0.3) is 11.1 Å². The highest BCUT2D eigenvalue weighted by molar-refractivity contribution is 5.74. The van der Waals surface area contributed by atoms with E-state index in [1.165, 1.54) is 11.1 Å². The first-order chi connectivity index (χ1) is 13.6. The molecule has 0 aromatic heterocycles. The molecule has 3 N–H and O–H groups in total. The Morgan fingerprint density at radius 1 is 0.964 bits per heavy atom. The van der Waals surface area contributed by atoms with E-state index < -0.39 is 6.10 Å². The maximum atomic E-state index is 11.0. The fourth-order valence-corrected chi connectivity index (χ4v) is 3.25. The molecule has 1 amide bonds. The Morgan fingerprint density at radius 2 is 1.54 bits per heavy atom. The fourth-order valence-electron chi connectivity index (χ4n) is 3.25. The van der Waals surface area contributed by atoms with Crippen LogP contribution in [0.3, 0.4) is 0 Å². The average Bonchev–Trinajstić information content (AvgIpc) is 2.75. The van der Waals surface area contributed by atoms with Crippen molar-refractivity contribution in [3.8, 4) is 11.1 Å². The second kappa shape index (κ2) is 11.6. The molecule has 0 aliphatic rings. The Morgan fingerprint density at radius 3 is 2.07 bits per heavy atom. The number of aliphatic hydroxyl groups excluding tert-OH is 1. The highest BCUT2D eigenvalue weighted by Crippen LogP contribution is 2.25. The van der Waals surface area contributed by atoms with Crippen LogP contribution in [0.2, 0.25) is 0 Å². The van der Waals surface area contributed by atoms with Crippen molar-refractivity contribution in [1.82, 2.24) is 10.4 Å². The van der Waals surface area contributed by atoms with Crippen LogP contribution in [0.5, 0.6) is 0 Å². The number of amides is 1. The standard InChI is InChI=1S/C23H32N2O3/c1-3-25(4-2)17-18-9-11-19(12-10-18)20-13-15-21(16-14-20)22(26)7-5-6-8-23(27)24-28/h9-16,22,26,28H,3-8,17H2,1-2H3,(H,24,27)/t22-/m1/s1. The summed E-state index contributed by atoms with van der Waals surface area (Å²) in [5.41, 5.74) is 6.11. The predicted molar refractivity (Wildman–Crippen MR) is 112 cm³/mol. The summed E-state index contributed by atoms with van der Waals surface area (Å²) in [5, 5.41) is 18.8. The molecule has 152 valence electrons. The number of benzene rings is 2. The lowest BCUT2D eigenvalue weighted by Gasteiger charge is -2.18. The summed E-state index contributed by atoms with van der Waals surface area (Å²) in [5.74, 6) is -0.387. The van der Waals surface area contributed by atoms with Crippen LogP contribution >= 0.6 is 0 Å². The van der Waals surface area contributed by atoms with Crippen LogP contribution in [0, 0.1) is 0 Å². The van der Waals surface area contributed by atoms with Gasteiger partial charge in [-0.2, -0.15) is 0 Å². The first kappa shape index (κ1) is 22.1. The molecule has 5 nitrogen and oxygen atoms in total.